The summed E-state index contributed by atoms with van der Waals surface area (Å²) >= 11 is 11.8. The highest BCUT2D eigenvalue weighted by atomic mass is 35.5. The minimum atomic E-state index is -0.816. The number of aromatic nitrogens is 4. The van der Waals surface area contributed by atoms with Crippen LogP contribution in [-0.4, -0.2) is 79.0 Å². The lowest BCUT2D eigenvalue weighted by Gasteiger charge is -2.36. The van der Waals surface area contributed by atoms with E-state index in [1.807, 2.05) is 26.0 Å². The molecular weight excluding hydrogens is 605 g/mol. The van der Waals surface area contributed by atoms with Gasteiger partial charge in [-0.3, -0.25) is 14.3 Å². The molecule has 44 heavy (non-hydrogen) atoms. The van der Waals surface area contributed by atoms with Gasteiger partial charge in [-0.2, -0.15) is 14.9 Å². The van der Waals surface area contributed by atoms with Gasteiger partial charge in [0.15, 0.2) is 0 Å². The fourth-order valence-electron chi connectivity index (χ4n) is 5.33. The third kappa shape index (κ3) is 8.61. The maximum absolute atomic E-state index is 13.4. The van der Waals surface area contributed by atoms with Crippen molar-refractivity contribution in [3.8, 4) is 11.1 Å². The first kappa shape index (κ1) is 33.5. The number of nitrogens with one attached hydrogen (secondary N) is 2. The summed E-state index contributed by atoms with van der Waals surface area (Å²) in [5.74, 6) is -0.298. The van der Waals surface area contributed by atoms with Gasteiger partial charge in [0.1, 0.15) is 22.2 Å². The van der Waals surface area contributed by atoms with Crippen molar-refractivity contribution in [1.29, 1.82) is 0 Å². The van der Waals surface area contributed by atoms with Crippen molar-refractivity contribution in [2.24, 2.45) is 5.92 Å². The number of rotatable bonds is 11. The Morgan fingerprint density at radius 3 is 2.36 bits per heavy atom. The number of anilines is 1. The summed E-state index contributed by atoms with van der Waals surface area (Å²) in [5.41, 5.74) is 3.28. The number of nitrogens with zero attached hydrogens (tertiary/aromatic N) is 5. The molecule has 1 fully saturated rings. The van der Waals surface area contributed by atoms with Crippen LogP contribution in [0.5, 0.6) is 0 Å². The second-order valence-corrected chi connectivity index (χ2v) is 13.6. The molecule has 0 saturated carbocycles. The first-order chi connectivity index (χ1) is 20.7. The minimum absolute atomic E-state index is 0.357. The molecule has 0 radical (unpaired) electrons. The average molecular weight is 647 g/mol. The molecule has 1 saturated heterocycles. The lowest BCUT2D eigenvalue weighted by molar-refractivity contribution is -0.118. The van der Waals surface area contributed by atoms with E-state index < -0.39 is 22.6 Å². The van der Waals surface area contributed by atoms with Crippen LogP contribution in [0.25, 0.3) is 11.1 Å². The highest BCUT2D eigenvalue weighted by Crippen LogP contribution is 2.29. The Bertz CT molecular complexity index is 1470. The van der Waals surface area contributed by atoms with E-state index in [1.165, 1.54) is 4.68 Å². The molecule has 0 aliphatic carbocycles. The first-order valence-corrected chi connectivity index (χ1v) is 15.6. The molecule has 1 aliphatic heterocycles. The van der Waals surface area contributed by atoms with E-state index >= 15 is 0 Å². The maximum atomic E-state index is 13.4. The van der Waals surface area contributed by atoms with Crippen LogP contribution in [0, 0.1) is 19.8 Å². The van der Waals surface area contributed by atoms with Gasteiger partial charge in [0.2, 0.25) is 5.91 Å². The van der Waals surface area contributed by atoms with Crippen LogP contribution in [0.4, 0.5) is 10.5 Å². The van der Waals surface area contributed by atoms with Crippen molar-refractivity contribution < 1.29 is 19.1 Å². The monoisotopic (exact) mass is 645 g/mol. The Morgan fingerprint density at radius 2 is 1.75 bits per heavy atom. The number of benzene rings is 1. The zero-order valence-electron chi connectivity index (χ0n) is 26.1. The summed E-state index contributed by atoms with van der Waals surface area (Å²) in [4.78, 5) is 41.0. The predicted molar refractivity (Wildman–Crippen MR) is 171 cm³/mol. The molecule has 0 unspecified atom stereocenters. The van der Waals surface area contributed by atoms with Crippen LogP contribution in [0.2, 0.25) is 0 Å². The summed E-state index contributed by atoms with van der Waals surface area (Å²) in [6.07, 6.45) is 2.44. The van der Waals surface area contributed by atoms with Gasteiger partial charge < -0.3 is 20.3 Å². The van der Waals surface area contributed by atoms with Crippen LogP contribution in [0.3, 0.4) is 0 Å². The normalized spacial score (nSPS) is 14.8. The number of aryl methyl sites for hydroxylation is 1. The standard InChI is InChI=1S/C31H41Cl2N7O4/c1-19-27(20(2)40(37-19)30(43)44-31(3,4)5)22-10-12-23(13-11-22)35-28(41)24(8-7-9-26(32)33)36-29(42)25-14-15-34-39(25)18-21-16-38(6)17-21/h10-15,21,24,26H,7-9,16-18H2,1-6H3,(H,35,41)(H,36,42)/t24-/m0/s1. The van der Waals surface area contributed by atoms with E-state index in [9.17, 15) is 14.4 Å². The number of halogens is 2. The smallest absolute Gasteiger partial charge is 0.435 e. The van der Waals surface area contributed by atoms with E-state index in [4.69, 9.17) is 27.9 Å². The number of hydrogen-bond acceptors (Lipinski definition) is 7. The highest BCUT2D eigenvalue weighted by molar-refractivity contribution is 6.44. The van der Waals surface area contributed by atoms with E-state index in [0.717, 1.165) is 24.2 Å². The van der Waals surface area contributed by atoms with E-state index in [0.29, 0.717) is 54.5 Å². The molecule has 0 bridgehead atoms. The molecular formula is C31H41Cl2N7O4. The largest absolute Gasteiger partial charge is 0.442 e. The van der Waals surface area contributed by atoms with E-state index in [1.54, 1.807) is 49.8 Å². The number of amides is 2. The fourth-order valence-corrected chi connectivity index (χ4v) is 5.64. The molecule has 0 spiro atoms. The zero-order valence-corrected chi connectivity index (χ0v) is 27.6. The fraction of sp³-hybridized carbons (Fsp3) is 0.516. The molecule has 238 valence electrons. The summed E-state index contributed by atoms with van der Waals surface area (Å²) in [6, 6.07) is 8.09. The number of carbonyl (C=O) groups excluding carboxylic acids is 3. The van der Waals surface area contributed by atoms with Crippen molar-refractivity contribution in [1.82, 2.24) is 29.8 Å². The van der Waals surface area contributed by atoms with Crippen LogP contribution < -0.4 is 10.6 Å². The van der Waals surface area contributed by atoms with Gasteiger partial charge in [-0.25, -0.2) is 4.79 Å². The summed E-state index contributed by atoms with van der Waals surface area (Å²) < 4.78 is 8.45. The average Bonchev–Trinajstić information content (AvgIpc) is 3.50. The van der Waals surface area contributed by atoms with Crippen molar-refractivity contribution in [2.45, 2.75) is 76.9 Å². The first-order valence-electron chi connectivity index (χ1n) is 14.7. The third-order valence-corrected chi connectivity index (χ3v) is 7.79. The maximum Gasteiger partial charge on any atom is 0.435 e. The number of likely N-dealkylation sites (tertiary alicyclic amines) is 1. The molecule has 1 aromatic carbocycles. The summed E-state index contributed by atoms with van der Waals surface area (Å²) in [6.45, 7) is 11.6. The molecule has 2 aromatic heterocycles. The van der Waals surface area contributed by atoms with Gasteiger partial charge in [-0.05, 0) is 84.7 Å². The topological polar surface area (TPSA) is 123 Å². The molecule has 13 heteroatoms. The Morgan fingerprint density at radius 1 is 1.07 bits per heavy atom. The lowest BCUT2D eigenvalue weighted by atomic mass is 10.0. The number of ether oxygens (including phenoxy) is 1. The van der Waals surface area contributed by atoms with Crippen molar-refractivity contribution in [3.05, 3.63) is 53.6 Å². The van der Waals surface area contributed by atoms with Gasteiger partial charge >= 0.3 is 6.09 Å². The third-order valence-electron chi connectivity index (χ3n) is 7.36. The van der Waals surface area contributed by atoms with Crippen molar-refractivity contribution >= 4 is 46.8 Å². The second kappa shape index (κ2) is 14.1. The lowest BCUT2D eigenvalue weighted by Crippen LogP contribution is -2.47. The van der Waals surface area contributed by atoms with E-state index in [2.05, 4.69) is 32.8 Å². The van der Waals surface area contributed by atoms with Gasteiger partial charge in [0, 0.05) is 43.0 Å². The second-order valence-electron chi connectivity index (χ2n) is 12.3. The Labute approximate surface area is 268 Å². The number of hydrogen-bond donors (Lipinski definition) is 2. The molecule has 1 atom stereocenters. The minimum Gasteiger partial charge on any atom is -0.442 e. The van der Waals surface area contributed by atoms with Crippen molar-refractivity contribution in [2.75, 3.05) is 25.5 Å². The van der Waals surface area contributed by atoms with Crippen LogP contribution in [-0.2, 0) is 16.1 Å². The molecule has 3 aromatic rings. The van der Waals surface area contributed by atoms with Gasteiger partial charge in [-0.1, -0.05) is 12.1 Å². The SMILES string of the molecule is Cc1nn(C(=O)OC(C)(C)C)c(C)c1-c1ccc(NC(=O)[C@H](CCCC(Cl)Cl)NC(=O)c2ccnn2CC2CN(C)C2)cc1. The highest BCUT2D eigenvalue weighted by Gasteiger charge is 2.28. The van der Waals surface area contributed by atoms with Gasteiger partial charge in [-0.15, -0.1) is 23.2 Å². The van der Waals surface area contributed by atoms with Crippen LogP contribution in [0.15, 0.2) is 36.5 Å². The van der Waals surface area contributed by atoms with Crippen LogP contribution >= 0.6 is 23.2 Å². The Hall–Kier alpha value is -3.41. The molecule has 1 aliphatic rings. The Kier molecular flexibility index (Phi) is 10.8. The van der Waals surface area contributed by atoms with Crippen molar-refractivity contribution in [3.63, 3.8) is 0 Å². The molecule has 2 N–H and O–H groups in total. The van der Waals surface area contributed by atoms with Crippen LogP contribution in [0.1, 0.15) is 61.9 Å². The molecule has 11 nitrogen and oxygen atoms in total. The summed E-state index contributed by atoms with van der Waals surface area (Å²) in [5, 5.41) is 14.5. The van der Waals surface area contributed by atoms with E-state index in [-0.39, 0.29) is 11.8 Å². The zero-order chi connectivity index (χ0) is 32.2. The predicted octanol–water partition coefficient (Wildman–Crippen LogP) is 5.42. The Balaban J connectivity index is 1.45. The summed E-state index contributed by atoms with van der Waals surface area (Å²) in [7, 11) is 2.05. The number of carbonyl (C=O) groups is 3. The molecule has 4 rings (SSSR count). The molecule has 2 amide bonds. The van der Waals surface area contributed by atoms with Gasteiger partial charge in [0.25, 0.3) is 5.91 Å². The molecule has 3 heterocycles. The van der Waals surface area contributed by atoms with Gasteiger partial charge in [0.05, 0.1) is 11.4 Å². The number of alkyl halides is 2. The quantitative estimate of drug-likeness (QED) is 0.267.